The molecule has 4 nitrogen and oxygen atoms in total. The van der Waals surface area contributed by atoms with Gasteiger partial charge in [-0.3, -0.25) is 0 Å². The van der Waals surface area contributed by atoms with Crippen LogP contribution in [0.5, 0.6) is 0 Å². The Balaban J connectivity index is 2.21. The van der Waals surface area contributed by atoms with Gasteiger partial charge in [0.15, 0.2) is 0 Å². The number of hydrogen-bond acceptors (Lipinski definition) is 3. The van der Waals surface area contributed by atoms with E-state index in [-0.39, 0.29) is 0 Å². The van der Waals surface area contributed by atoms with Crippen LogP contribution in [0.2, 0.25) is 5.02 Å². The molecule has 1 aromatic rings. The Labute approximate surface area is 123 Å². The highest BCUT2D eigenvalue weighted by atomic mass is 35.5. The van der Waals surface area contributed by atoms with E-state index in [1.807, 2.05) is 0 Å². The van der Waals surface area contributed by atoms with Crippen LogP contribution in [0, 0.1) is 5.82 Å². The van der Waals surface area contributed by atoms with E-state index < -0.39 is 17.5 Å². The Kier molecular flexibility index (Phi) is 6.07. The van der Waals surface area contributed by atoms with Gasteiger partial charge in [0.25, 0.3) is 0 Å². The van der Waals surface area contributed by atoms with Gasteiger partial charge < -0.3 is 15.4 Å². The first kappa shape index (κ1) is 16.6. The van der Waals surface area contributed by atoms with Crippen LogP contribution in [0.4, 0.5) is 14.9 Å². The summed E-state index contributed by atoms with van der Waals surface area (Å²) in [5, 5.41) is 5.93. The van der Waals surface area contributed by atoms with Crippen LogP contribution in [0.25, 0.3) is 0 Å². The van der Waals surface area contributed by atoms with Gasteiger partial charge in [0.1, 0.15) is 11.4 Å². The number of nitrogens with one attached hydrogen (secondary N) is 2. The monoisotopic (exact) mass is 302 g/mol. The second-order valence-corrected chi connectivity index (χ2v) is 5.77. The van der Waals surface area contributed by atoms with Crippen LogP contribution in [0.1, 0.15) is 27.2 Å². The highest BCUT2D eigenvalue weighted by Crippen LogP contribution is 2.18. The van der Waals surface area contributed by atoms with E-state index in [1.165, 1.54) is 6.07 Å². The Bertz CT molecular complexity index is 461. The predicted molar refractivity (Wildman–Crippen MR) is 78.8 cm³/mol. The van der Waals surface area contributed by atoms with Crippen LogP contribution in [0.15, 0.2) is 18.2 Å². The van der Waals surface area contributed by atoms with Crippen molar-refractivity contribution < 1.29 is 13.9 Å². The maximum atomic E-state index is 13.4. The van der Waals surface area contributed by atoms with Crippen LogP contribution in [0.3, 0.4) is 0 Å². The molecule has 0 atom stereocenters. The average Bonchev–Trinajstić information content (AvgIpc) is 2.28. The van der Waals surface area contributed by atoms with E-state index in [0.717, 1.165) is 0 Å². The molecule has 1 rings (SSSR count). The minimum atomic E-state index is -0.505. The Hall–Kier alpha value is -1.49. The standard InChI is InChI=1S/C14H20ClFN2O2/c1-14(2,3)20-13(19)18-8-4-7-17-12-6-5-10(15)9-11(12)16/h5-6,9,17H,4,7-8H2,1-3H3,(H,18,19). The average molecular weight is 303 g/mol. The molecule has 0 unspecified atom stereocenters. The fraction of sp³-hybridized carbons (Fsp3) is 0.500. The van der Waals surface area contributed by atoms with E-state index in [2.05, 4.69) is 10.6 Å². The van der Waals surface area contributed by atoms with E-state index in [9.17, 15) is 9.18 Å². The third kappa shape index (κ3) is 6.61. The molecule has 112 valence electrons. The summed E-state index contributed by atoms with van der Waals surface area (Å²) in [5.41, 5.74) is -0.110. The molecule has 0 radical (unpaired) electrons. The van der Waals surface area contributed by atoms with E-state index in [0.29, 0.717) is 30.2 Å². The fourth-order valence-corrected chi connectivity index (χ4v) is 1.61. The predicted octanol–water partition coefficient (Wildman–Crippen LogP) is 3.81. The van der Waals surface area contributed by atoms with Crippen LogP contribution in [-0.4, -0.2) is 24.8 Å². The number of carbonyl (C=O) groups excluding carboxylic acids is 1. The second-order valence-electron chi connectivity index (χ2n) is 5.33. The molecule has 0 saturated heterocycles. The topological polar surface area (TPSA) is 50.4 Å². The molecule has 2 N–H and O–H groups in total. The van der Waals surface area contributed by atoms with Gasteiger partial charge >= 0.3 is 6.09 Å². The van der Waals surface area contributed by atoms with Crippen LogP contribution in [-0.2, 0) is 4.74 Å². The highest BCUT2D eigenvalue weighted by molar-refractivity contribution is 6.30. The van der Waals surface area contributed by atoms with Gasteiger partial charge in [-0.1, -0.05) is 11.6 Å². The first-order chi connectivity index (χ1) is 9.28. The lowest BCUT2D eigenvalue weighted by atomic mass is 10.2. The van der Waals surface area contributed by atoms with Crippen molar-refractivity contribution in [3.8, 4) is 0 Å². The molecule has 0 bridgehead atoms. The summed E-state index contributed by atoms with van der Waals surface area (Å²) in [7, 11) is 0. The lowest BCUT2D eigenvalue weighted by Crippen LogP contribution is -2.33. The number of anilines is 1. The van der Waals surface area contributed by atoms with Crippen LogP contribution < -0.4 is 10.6 Å². The normalized spacial score (nSPS) is 11.1. The number of alkyl carbamates (subject to hydrolysis) is 1. The molecule has 0 aliphatic carbocycles. The quantitative estimate of drug-likeness (QED) is 0.813. The summed E-state index contributed by atoms with van der Waals surface area (Å²) in [4.78, 5) is 11.4. The minimum absolute atomic E-state index is 0.361. The summed E-state index contributed by atoms with van der Waals surface area (Å²) in [6, 6.07) is 4.45. The van der Waals surface area contributed by atoms with Crippen molar-refractivity contribution in [2.45, 2.75) is 32.8 Å². The molecule has 0 aromatic heterocycles. The SMILES string of the molecule is CC(C)(C)OC(=O)NCCCNc1ccc(Cl)cc1F. The molecule has 0 aliphatic rings. The van der Waals surface area contributed by atoms with Crippen molar-refractivity contribution in [1.82, 2.24) is 5.32 Å². The third-order valence-corrected chi connectivity index (χ3v) is 2.50. The molecule has 1 amide bonds. The summed E-state index contributed by atoms with van der Waals surface area (Å²) in [5.74, 6) is -0.391. The zero-order chi connectivity index (χ0) is 15.2. The number of ether oxygens (including phenoxy) is 1. The lowest BCUT2D eigenvalue weighted by Gasteiger charge is -2.19. The highest BCUT2D eigenvalue weighted by Gasteiger charge is 2.15. The summed E-state index contributed by atoms with van der Waals surface area (Å²) in [6.45, 7) is 6.40. The third-order valence-electron chi connectivity index (χ3n) is 2.27. The summed E-state index contributed by atoms with van der Waals surface area (Å²) < 4.78 is 18.5. The zero-order valence-electron chi connectivity index (χ0n) is 11.9. The first-order valence-electron chi connectivity index (χ1n) is 6.44. The van der Waals surface area contributed by atoms with Crippen molar-refractivity contribution in [3.05, 3.63) is 29.0 Å². The Morgan fingerprint density at radius 1 is 1.35 bits per heavy atom. The van der Waals surface area contributed by atoms with Crippen molar-refractivity contribution in [2.24, 2.45) is 0 Å². The molecule has 0 heterocycles. The van der Waals surface area contributed by atoms with E-state index >= 15 is 0 Å². The van der Waals surface area contributed by atoms with Crippen molar-refractivity contribution in [2.75, 3.05) is 18.4 Å². The van der Waals surface area contributed by atoms with Gasteiger partial charge in [-0.25, -0.2) is 9.18 Å². The summed E-state index contributed by atoms with van der Waals surface area (Å²) >= 11 is 5.66. The number of benzene rings is 1. The smallest absolute Gasteiger partial charge is 0.407 e. The second kappa shape index (κ2) is 7.33. The number of rotatable bonds is 5. The Morgan fingerprint density at radius 2 is 2.05 bits per heavy atom. The number of carbonyl (C=O) groups is 1. The van der Waals surface area contributed by atoms with Gasteiger partial charge in [0.05, 0.1) is 5.69 Å². The van der Waals surface area contributed by atoms with Gasteiger partial charge in [-0.05, 0) is 45.4 Å². The Morgan fingerprint density at radius 3 is 2.65 bits per heavy atom. The minimum Gasteiger partial charge on any atom is -0.444 e. The molecule has 6 heteroatoms. The zero-order valence-corrected chi connectivity index (χ0v) is 12.7. The van der Waals surface area contributed by atoms with E-state index in [1.54, 1.807) is 32.9 Å². The van der Waals surface area contributed by atoms with Gasteiger partial charge in [-0.2, -0.15) is 0 Å². The van der Waals surface area contributed by atoms with E-state index in [4.69, 9.17) is 16.3 Å². The number of halogens is 2. The van der Waals surface area contributed by atoms with Gasteiger partial charge in [-0.15, -0.1) is 0 Å². The van der Waals surface area contributed by atoms with Crippen molar-refractivity contribution >= 4 is 23.4 Å². The maximum absolute atomic E-state index is 13.4. The molecule has 0 aliphatic heterocycles. The molecule has 0 fully saturated rings. The van der Waals surface area contributed by atoms with Crippen LogP contribution >= 0.6 is 11.6 Å². The lowest BCUT2D eigenvalue weighted by molar-refractivity contribution is 0.0528. The maximum Gasteiger partial charge on any atom is 0.407 e. The molecule has 0 saturated carbocycles. The summed E-state index contributed by atoms with van der Waals surface area (Å²) in [6.07, 6.45) is 0.205. The largest absolute Gasteiger partial charge is 0.444 e. The van der Waals surface area contributed by atoms with Gasteiger partial charge in [0.2, 0.25) is 0 Å². The molecule has 0 spiro atoms. The molecular formula is C14H20ClFN2O2. The molecule has 1 aromatic carbocycles. The molecule has 20 heavy (non-hydrogen) atoms. The molecular weight excluding hydrogens is 283 g/mol. The first-order valence-corrected chi connectivity index (χ1v) is 6.81. The van der Waals surface area contributed by atoms with Crippen molar-refractivity contribution in [3.63, 3.8) is 0 Å². The van der Waals surface area contributed by atoms with Crippen molar-refractivity contribution in [1.29, 1.82) is 0 Å². The number of hydrogen-bond donors (Lipinski definition) is 2. The van der Waals surface area contributed by atoms with Gasteiger partial charge in [0, 0.05) is 18.1 Å². The fourth-order valence-electron chi connectivity index (χ4n) is 1.45. The number of amides is 1.